The minimum Gasteiger partial charge on any atom is -0.354 e. The summed E-state index contributed by atoms with van der Waals surface area (Å²) in [5.41, 5.74) is 1.10. The summed E-state index contributed by atoms with van der Waals surface area (Å²) in [6.45, 7) is 1.74. The third-order valence-corrected chi connectivity index (χ3v) is 5.44. The van der Waals surface area contributed by atoms with Crippen LogP contribution in [0.2, 0.25) is 0 Å². The number of Topliss-reactive ketones (excluding diaryl/α,β-unsaturated/α-hetero) is 1. The Labute approximate surface area is 158 Å². The van der Waals surface area contributed by atoms with Crippen molar-refractivity contribution in [3.8, 4) is 0 Å². The van der Waals surface area contributed by atoms with Gasteiger partial charge in [-0.2, -0.15) is 0 Å². The second-order valence-electron chi connectivity index (χ2n) is 6.55. The number of carbonyl (C=O) groups is 2. The van der Waals surface area contributed by atoms with Gasteiger partial charge in [-0.1, -0.05) is 19.1 Å². The monoisotopic (exact) mass is 387 g/mol. The van der Waals surface area contributed by atoms with Crippen molar-refractivity contribution >= 4 is 38.7 Å². The minimum atomic E-state index is -3.46. The number of nitrogens with one attached hydrogen (secondary N) is 2. The lowest BCUT2D eigenvalue weighted by Gasteiger charge is -2.15. The average molecular weight is 387 g/mol. The number of sulfone groups is 1. The Hall–Kier alpha value is -2.74. The van der Waals surface area contributed by atoms with E-state index in [2.05, 4.69) is 15.6 Å². The number of pyridine rings is 1. The highest BCUT2D eigenvalue weighted by molar-refractivity contribution is 7.90. The maximum atomic E-state index is 12.3. The number of nitrogens with zero attached hydrogens (tertiary/aromatic N) is 1. The van der Waals surface area contributed by atoms with Crippen molar-refractivity contribution in [1.82, 2.24) is 4.98 Å². The van der Waals surface area contributed by atoms with Crippen LogP contribution in [-0.2, 0) is 14.6 Å². The third-order valence-electron chi connectivity index (χ3n) is 4.28. The summed E-state index contributed by atoms with van der Waals surface area (Å²) in [6.07, 6.45) is 4.53. The molecule has 8 heteroatoms. The molecule has 142 valence electrons. The highest BCUT2D eigenvalue weighted by atomic mass is 32.2. The van der Waals surface area contributed by atoms with Crippen LogP contribution in [0.1, 0.15) is 36.5 Å². The third kappa shape index (κ3) is 4.51. The zero-order valence-electron chi connectivity index (χ0n) is 15.2. The van der Waals surface area contributed by atoms with Crippen molar-refractivity contribution in [3.05, 3.63) is 42.1 Å². The molecule has 1 aromatic carbocycles. The van der Waals surface area contributed by atoms with Gasteiger partial charge in [0.2, 0.25) is 5.91 Å². The second kappa shape index (κ2) is 7.48. The zero-order valence-corrected chi connectivity index (χ0v) is 16.0. The fourth-order valence-corrected chi connectivity index (χ4v) is 3.50. The molecule has 27 heavy (non-hydrogen) atoms. The van der Waals surface area contributed by atoms with Crippen molar-refractivity contribution in [2.45, 2.75) is 31.1 Å². The van der Waals surface area contributed by atoms with E-state index in [1.165, 1.54) is 12.3 Å². The summed E-state index contributed by atoms with van der Waals surface area (Å²) in [5.74, 6) is 0.103. The number of hydrogen-bond acceptors (Lipinski definition) is 6. The van der Waals surface area contributed by atoms with E-state index in [1.54, 1.807) is 31.2 Å². The second-order valence-corrected chi connectivity index (χ2v) is 8.53. The van der Waals surface area contributed by atoms with E-state index >= 15 is 0 Å². The molecule has 0 bridgehead atoms. The zero-order chi connectivity index (χ0) is 19.6. The molecular formula is C19H21N3O4S. The first-order valence-corrected chi connectivity index (χ1v) is 10.6. The van der Waals surface area contributed by atoms with Gasteiger partial charge in [-0.3, -0.25) is 9.59 Å². The van der Waals surface area contributed by atoms with Gasteiger partial charge < -0.3 is 10.6 Å². The van der Waals surface area contributed by atoms with Crippen LogP contribution in [-0.4, -0.2) is 31.3 Å². The Morgan fingerprint density at radius 3 is 2.52 bits per heavy atom. The van der Waals surface area contributed by atoms with Gasteiger partial charge in [0.25, 0.3) is 0 Å². The number of amides is 1. The minimum absolute atomic E-state index is 0.0196. The first kappa shape index (κ1) is 19.0. The molecule has 1 heterocycles. The molecule has 3 rings (SSSR count). The van der Waals surface area contributed by atoms with Crippen LogP contribution < -0.4 is 10.6 Å². The van der Waals surface area contributed by atoms with Gasteiger partial charge in [-0.05, 0) is 25.0 Å². The molecular weight excluding hydrogens is 366 g/mol. The average Bonchev–Trinajstić information content (AvgIpc) is 3.46. The molecule has 1 amide bonds. The van der Waals surface area contributed by atoms with E-state index in [0.717, 1.165) is 19.1 Å². The van der Waals surface area contributed by atoms with Crippen molar-refractivity contribution in [2.24, 2.45) is 5.92 Å². The van der Waals surface area contributed by atoms with E-state index in [9.17, 15) is 18.0 Å². The topological polar surface area (TPSA) is 105 Å². The van der Waals surface area contributed by atoms with Crippen molar-refractivity contribution in [1.29, 1.82) is 0 Å². The number of carbonyl (C=O) groups excluding carboxylic acids is 2. The molecule has 0 atom stereocenters. The van der Waals surface area contributed by atoms with Gasteiger partial charge >= 0.3 is 0 Å². The first-order chi connectivity index (χ1) is 12.8. The van der Waals surface area contributed by atoms with E-state index in [1.807, 2.05) is 0 Å². The summed E-state index contributed by atoms with van der Waals surface area (Å²) in [7, 11) is -3.46. The van der Waals surface area contributed by atoms with Gasteiger partial charge in [-0.15, -0.1) is 0 Å². The fourth-order valence-electron chi connectivity index (χ4n) is 2.65. The van der Waals surface area contributed by atoms with Crippen molar-refractivity contribution < 1.29 is 18.0 Å². The Morgan fingerprint density at radius 1 is 1.19 bits per heavy atom. The van der Waals surface area contributed by atoms with Crippen LogP contribution in [0.5, 0.6) is 0 Å². The summed E-state index contributed by atoms with van der Waals surface area (Å²) >= 11 is 0. The number of hydrogen-bond donors (Lipinski definition) is 2. The highest BCUT2D eigenvalue weighted by Gasteiger charge is 2.30. The molecule has 0 radical (unpaired) electrons. The van der Waals surface area contributed by atoms with Crippen LogP contribution in [0.15, 0.2) is 41.4 Å². The van der Waals surface area contributed by atoms with Crippen LogP contribution in [0.4, 0.5) is 17.2 Å². The van der Waals surface area contributed by atoms with Crippen LogP contribution in [0, 0.1) is 5.92 Å². The molecule has 2 aromatic rings. The molecule has 0 saturated heterocycles. The standard InChI is InChI=1S/C19H21N3O4S/c1-3-16(23)13-11-20-18(22-19(24)12-8-9-12)10-15(13)21-14-6-4-5-7-17(14)27(2,25)26/h4-7,10-12H,3,8-9H2,1-2H3,(H2,20,21,22,24). The lowest BCUT2D eigenvalue weighted by molar-refractivity contribution is -0.117. The summed E-state index contributed by atoms with van der Waals surface area (Å²) < 4.78 is 24.1. The SMILES string of the molecule is CCC(=O)c1cnc(NC(=O)C2CC2)cc1Nc1ccccc1S(C)(=O)=O. The maximum Gasteiger partial charge on any atom is 0.228 e. The maximum absolute atomic E-state index is 12.3. The van der Waals surface area contributed by atoms with Crippen LogP contribution in [0.25, 0.3) is 0 Å². The molecule has 1 fully saturated rings. The van der Waals surface area contributed by atoms with E-state index < -0.39 is 9.84 Å². The normalized spacial score (nSPS) is 13.9. The summed E-state index contributed by atoms with van der Waals surface area (Å²) in [4.78, 5) is 28.5. The van der Waals surface area contributed by atoms with Crippen LogP contribution >= 0.6 is 0 Å². The predicted molar refractivity (Wildman–Crippen MR) is 103 cm³/mol. The number of rotatable bonds is 7. The van der Waals surface area contributed by atoms with Gasteiger partial charge in [0.1, 0.15) is 5.82 Å². The number of aromatic nitrogens is 1. The van der Waals surface area contributed by atoms with Crippen molar-refractivity contribution in [3.63, 3.8) is 0 Å². The number of anilines is 3. The van der Waals surface area contributed by atoms with E-state index in [0.29, 0.717) is 22.8 Å². The molecule has 0 spiro atoms. The molecule has 1 saturated carbocycles. The highest BCUT2D eigenvalue weighted by Crippen LogP contribution is 2.31. The molecule has 1 aliphatic carbocycles. The largest absolute Gasteiger partial charge is 0.354 e. The van der Waals surface area contributed by atoms with Crippen molar-refractivity contribution in [2.75, 3.05) is 16.9 Å². The van der Waals surface area contributed by atoms with E-state index in [4.69, 9.17) is 0 Å². The molecule has 0 aliphatic heterocycles. The van der Waals surface area contributed by atoms with Gasteiger partial charge in [0.15, 0.2) is 15.6 Å². The van der Waals surface area contributed by atoms with E-state index in [-0.39, 0.29) is 28.9 Å². The smallest absolute Gasteiger partial charge is 0.228 e. The Balaban J connectivity index is 1.99. The Bertz CT molecular complexity index is 998. The molecule has 7 nitrogen and oxygen atoms in total. The van der Waals surface area contributed by atoms with Gasteiger partial charge in [0.05, 0.1) is 21.8 Å². The predicted octanol–water partition coefficient (Wildman–Crippen LogP) is 3.17. The fraction of sp³-hybridized carbons (Fsp3) is 0.316. The summed E-state index contributed by atoms with van der Waals surface area (Å²) in [5, 5.41) is 5.77. The summed E-state index contributed by atoms with van der Waals surface area (Å²) in [6, 6.07) is 8.01. The quantitative estimate of drug-likeness (QED) is 0.707. The van der Waals surface area contributed by atoms with Gasteiger partial charge in [0, 0.05) is 30.9 Å². The number of ketones is 1. The molecule has 2 N–H and O–H groups in total. The van der Waals surface area contributed by atoms with Gasteiger partial charge in [-0.25, -0.2) is 13.4 Å². The lowest BCUT2D eigenvalue weighted by Crippen LogP contribution is -2.15. The molecule has 1 aliphatic rings. The Kier molecular flexibility index (Phi) is 5.27. The number of benzene rings is 1. The lowest BCUT2D eigenvalue weighted by atomic mass is 10.1. The first-order valence-electron chi connectivity index (χ1n) is 8.69. The Morgan fingerprint density at radius 2 is 1.89 bits per heavy atom. The molecule has 0 unspecified atom stereocenters. The van der Waals surface area contributed by atoms with Crippen LogP contribution in [0.3, 0.4) is 0 Å². The number of para-hydroxylation sites is 1. The molecule has 1 aromatic heterocycles.